The van der Waals surface area contributed by atoms with Crippen LogP contribution >= 0.6 is 27.3 Å². The van der Waals surface area contributed by atoms with Crippen molar-refractivity contribution in [3.05, 3.63) is 20.8 Å². The van der Waals surface area contributed by atoms with Crippen LogP contribution in [0.5, 0.6) is 0 Å². The molecule has 0 aliphatic heterocycles. The van der Waals surface area contributed by atoms with Crippen LogP contribution in [0.3, 0.4) is 0 Å². The molecule has 0 atom stereocenters. The van der Waals surface area contributed by atoms with Gasteiger partial charge in [-0.25, -0.2) is 0 Å². The van der Waals surface area contributed by atoms with E-state index in [0.29, 0.717) is 13.0 Å². The molecule has 0 spiro atoms. The number of thiophene rings is 1. The monoisotopic (exact) mass is 290 g/mol. The minimum Gasteiger partial charge on any atom is -0.351 e. The Labute approximate surface area is 102 Å². The third-order valence-electron chi connectivity index (χ3n) is 1.91. The lowest BCUT2D eigenvalue weighted by molar-refractivity contribution is -0.121. The first-order valence-corrected chi connectivity index (χ1v) is 6.54. The third-order valence-corrected chi connectivity index (χ3v) is 3.61. The van der Waals surface area contributed by atoms with Crippen LogP contribution in [0.1, 0.15) is 17.7 Å². The van der Waals surface area contributed by atoms with Crippen molar-refractivity contribution in [2.24, 2.45) is 0 Å². The van der Waals surface area contributed by atoms with Gasteiger partial charge in [0.2, 0.25) is 5.91 Å². The van der Waals surface area contributed by atoms with Crippen molar-refractivity contribution >= 4 is 33.2 Å². The van der Waals surface area contributed by atoms with E-state index in [2.05, 4.69) is 26.6 Å². The zero-order chi connectivity index (χ0) is 11.1. The predicted octanol–water partition coefficient (Wildman–Crippen LogP) is 2.13. The van der Waals surface area contributed by atoms with Crippen molar-refractivity contribution in [3.63, 3.8) is 0 Å². The molecule has 1 aromatic rings. The summed E-state index contributed by atoms with van der Waals surface area (Å²) in [4.78, 5) is 12.5. The number of nitrogens with one attached hydrogen (secondary N) is 2. The van der Waals surface area contributed by atoms with Gasteiger partial charge in [-0.1, -0.05) is 0 Å². The Balaban J connectivity index is 2.16. The third kappa shape index (κ3) is 5.30. The summed E-state index contributed by atoms with van der Waals surface area (Å²) in [5, 5.41) is 7.93. The number of hydrogen-bond donors (Lipinski definition) is 2. The van der Waals surface area contributed by atoms with Gasteiger partial charge in [0, 0.05) is 21.2 Å². The van der Waals surface area contributed by atoms with Gasteiger partial charge in [-0.3, -0.25) is 4.79 Å². The average molecular weight is 291 g/mol. The molecule has 0 saturated carbocycles. The summed E-state index contributed by atoms with van der Waals surface area (Å²) >= 11 is 5.03. The number of amides is 1. The van der Waals surface area contributed by atoms with Gasteiger partial charge in [-0.2, -0.15) is 0 Å². The zero-order valence-corrected chi connectivity index (χ0v) is 11.1. The summed E-state index contributed by atoms with van der Waals surface area (Å²) in [5.41, 5.74) is 0. The fourth-order valence-corrected chi connectivity index (χ4v) is 2.54. The maximum atomic E-state index is 11.4. The van der Waals surface area contributed by atoms with Crippen LogP contribution in [0.15, 0.2) is 15.9 Å². The van der Waals surface area contributed by atoms with Gasteiger partial charge in [0.05, 0.1) is 6.54 Å². The van der Waals surface area contributed by atoms with Crippen molar-refractivity contribution in [2.75, 3.05) is 13.6 Å². The second-order valence-electron chi connectivity index (χ2n) is 3.22. The Hall–Kier alpha value is -0.390. The van der Waals surface area contributed by atoms with Gasteiger partial charge in [0.15, 0.2) is 0 Å². The Kier molecular flexibility index (Phi) is 5.90. The van der Waals surface area contributed by atoms with Crippen LogP contribution in [-0.4, -0.2) is 19.5 Å². The SMILES string of the molecule is CNCCCC(=O)NCc1cc(Br)cs1. The topological polar surface area (TPSA) is 41.1 Å². The normalized spacial score (nSPS) is 10.3. The number of rotatable bonds is 6. The smallest absolute Gasteiger partial charge is 0.220 e. The largest absolute Gasteiger partial charge is 0.351 e. The molecule has 0 unspecified atom stereocenters. The lowest BCUT2D eigenvalue weighted by Crippen LogP contribution is -2.23. The molecule has 1 rings (SSSR count). The first kappa shape index (κ1) is 12.7. The van der Waals surface area contributed by atoms with E-state index < -0.39 is 0 Å². The number of carbonyl (C=O) groups is 1. The lowest BCUT2D eigenvalue weighted by atomic mass is 10.3. The molecule has 0 radical (unpaired) electrons. The molecule has 0 aromatic carbocycles. The molecule has 15 heavy (non-hydrogen) atoms. The summed E-state index contributed by atoms with van der Waals surface area (Å²) in [6, 6.07) is 2.03. The second-order valence-corrected chi connectivity index (χ2v) is 5.13. The Morgan fingerprint density at radius 3 is 3.00 bits per heavy atom. The highest BCUT2D eigenvalue weighted by atomic mass is 79.9. The summed E-state index contributed by atoms with van der Waals surface area (Å²) < 4.78 is 1.08. The molecule has 1 heterocycles. The van der Waals surface area contributed by atoms with Crippen molar-refractivity contribution in [1.82, 2.24) is 10.6 Å². The van der Waals surface area contributed by atoms with Crippen LogP contribution in [0.2, 0.25) is 0 Å². The molecule has 1 amide bonds. The second kappa shape index (κ2) is 6.98. The maximum Gasteiger partial charge on any atom is 0.220 e. The van der Waals surface area contributed by atoms with Crippen LogP contribution in [0.25, 0.3) is 0 Å². The minimum absolute atomic E-state index is 0.120. The molecule has 0 aliphatic carbocycles. The molecule has 84 valence electrons. The van der Waals surface area contributed by atoms with E-state index in [1.165, 1.54) is 4.88 Å². The maximum absolute atomic E-state index is 11.4. The van der Waals surface area contributed by atoms with E-state index >= 15 is 0 Å². The highest BCUT2D eigenvalue weighted by Gasteiger charge is 2.02. The highest BCUT2D eigenvalue weighted by Crippen LogP contribution is 2.19. The summed E-state index contributed by atoms with van der Waals surface area (Å²) in [5.74, 6) is 0.120. The Morgan fingerprint density at radius 2 is 2.40 bits per heavy atom. The molecule has 1 aromatic heterocycles. The van der Waals surface area contributed by atoms with Crippen LogP contribution in [0, 0.1) is 0 Å². The number of hydrogen-bond acceptors (Lipinski definition) is 3. The summed E-state index contributed by atoms with van der Waals surface area (Å²) in [6.45, 7) is 1.52. The molecule has 0 bridgehead atoms. The fourth-order valence-electron chi connectivity index (χ4n) is 1.15. The van der Waals surface area contributed by atoms with Crippen molar-refractivity contribution in [1.29, 1.82) is 0 Å². The Morgan fingerprint density at radius 1 is 1.60 bits per heavy atom. The first-order chi connectivity index (χ1) is 7.22. The van der Waals surface area contributed by atoms with Gasteiger partial charge in [-0.05, 0) is 42.0 Å². The molecule has 5 heteroatoms. The van der Waals surface area contributed by atoms with E-state index in [4.69, 9.17) is 0 Å². The Bertz CT molecular complexity index is 314. The molecule has 0 saturated heterocycles. The van der Waals surface area contributed by atoms with E-state index in [-0.39, 0.29) is 5.91 Å². The average Bonchev–Trinajstić information content (AvgIpc) is 2.62. The highest BCUT2D eigenvalue weighted by molar-refractivity contribution is 9.10. The molecule has 2 N–H and O–H groups in total. The lowest BCUT2D eigenvalue weighted by Gasteiger charge is -2.02. The van der Waals surface area contributed by atoms with Gasteiger partial charge in [0.25, 0.3) is 0 Å². The van der Waals surface area contributed by atoms with Gasteiger partial charge < -0.3 is 10.6 Å². The number of halogens is 1. The van der Waals surface area contributed by atoms with Crippen molar-refractivity contribution < 1.29 is 4.79 Å². The van der Waals surface area contributed by atoms with Gasteiger partial charge in [-0.15, -0.1) is 11.3 Å². The zero-order valence-electron chi connectivity index (χ0n) is 8.68. The van der Waals surface area contributed by atoms with E-state index in [1.54, 1.807) is 11.3 Å². The van der Waals surface area contributed by atoms with E-state index in [0.717, 1.165) is 17.4 Å². The molecule has 0 aliphatic rings. The molecule has 0 fully saturated rings. The van der Waals surface area contributed by atoms with Crippen molar-refractivity contribution in [2.45, 2.75) is 19.4 Å². The van der Waals surface area contributed by atoms with Crippen LogP contribution in [0.4, 0.5) is 0 Å². The van der Waals surface area contributed by atoms with E-state index in [9.17, 15) is 4.79 Å². The fraction of sp³-hybridized carbons (Fsp3) is 0.500. The minimum atomic E-state index is 0.120. The summed E-state index contributed by atoms with van der Waals surface area (Å²) in [7, 11) is 1.89. The number of carbonyl (C=O) groups excluding carboxylic acids is 1. The summed E-state index contributed by atoms with van der Waals surface area (Å²) in [6.07, 6.45) is 1.48. The standard InChI is InChI=1S/C10H15BrN2OS/c1-12-4-2-3-10(14)13-6-9-5-8(11)7-15-9/h5,7,12H,2-4,6H2,1H3,(H,13,14). The van der Waals surface area contributed by atoms with Gasteiger partial charge in [0.1, 0.15) is 0 Å². The van der Waals surface area contributed by atoms with Crippen LogP contribution in [-0.2, 0) is 11.3 Å². The predicted molar refractivity (Wildman–Crippen MR) is 67.0 cm³/mol. The molecule has 3 nitrogen and oxygen atoms in total. The molecular weight excluding hydrogens is 276 g/mol. The molecular formula is C10H15BrN2OS. The van der Waals surface area contributed by atoms with Crippen molar-refractivity contribution in [3.8, 4) is 0 Å². The van der Waals surface area contributed by atoms with E-state index in [1.807, 2.05) is 18.5 Å². The van der Waals surface area contributed by atoms with Crippen LogP contribution < -0.4 is 10.6 Å². The van der Waals surface area contributed by atoms with Gasteiger partial charge >= 0.3 is 0 Å². The first-order valence-electron chi connectivity index (χ1n) is 4.86. The quantitative estimate of drug-likeness (QED) is 0.788.